The fourth-order valence-corrected chi connectivity index (χ4v) is 7.03. The minimum Gasteiger partial charge on any atom is -0.496 e. The molecule has 6 nitrogen and oxygen atoms in total. The van der Waals surface area contributed by atoms with Gasteiger partial charge in [0.25, 0.3) is 5.56 Å². The molecule has 8 heteroatoms. The largest absolute Gasteiger partial charge is 0.496 e. The van der Waals surface area contributed by atoms with Crippen molar-refractivity contribution in [1.29, 1.82) is 0 Å². The number of ether oxygens (including phenoxy) is 3. The lowest BCUT2D eigenvalue weighted by Gasteiger charge is -2.31. The van der Waals surface area contributed by atoms with Gasteiger partial charge in [-0.1, -0.05) is 53.8 Å². The van der Waals surface area contributed by atoms with E-state index in [2.05, 4.69) is 40.2 Å². The molecule has 0 saturated carbocycles. The average molecular weight is 604 g/mol. The minimum absolute atomic E-state index is 0.0796. The summed E-state index contributed by atoms with van der Waals surface area (Å²) in [5.41, 5.74) is 6.23. The third kappa shape index (κ3) is 4.41. The van der Waals surface area contributed by atoms with Crippen LogP contribution in [0.15, 0.2) is 80.5 Å². The first-order valence-electron chi connectivity index (χ1n) is 12.8. The molecule has 2 heterocycles. The van der Waals surface area contributed by atoms with E-state index in [-0.39, 0.29) is 11.6 Å². The van der Waals surface area contributed by atoms with Crippen LogP contribution in [0, 0.1) is 0 Å². The highest BCUT2D eigenvalue weighted by atomic mass is 79.9. The number of thiazole rings is 1. The van der Waals surface area contributed by atoms with E-state index < -0.39 is 0 Å². The Morgan fingerprint density at radius 2 is 1.82 bits per heavy atom. The zero-order chi connectivity index (χ0) is 27.1. The van der Waals surface area contributed by atoms with E-state index in [1.807, 2.05) is 54.0 Å². The summed E-state index contributed by atoms with van der Waals surface area (Å²) in [5, 5.41) is 0. The van der Waals surface area contributed by atoms with Gasteiger partial charge in [-0.25, -0.2) is 4.99 Å². The number of aryl methyl sites for hydroxylation is 1. The van der Waals surface area contributed by atoms with Crippen LogP contribution >= 0.6 is 27.3 Å². The molecule has 0 fully saturated rings. The molecule has 6 rings (SSSR count). The van der Waals surface area contributed by atoms with Crippen molar-refractivity contribution in [2.24, 2.45) is 4.99 Å². The molecule has 1 aromatic heterocycles. The van der Waals surface area contributed by atoms with Crippen LogP contribution in [0.2, 0.25) is 0 Å². The number of methoxy groups -OCH3 is 2. The lowest BCUT2D eigenvalue weighted by atomic mass is 9.83. The van der Waals surface area contributed by atoms with Crippen LogP contribution in [-0.2, 0) is 6.42 Å². The fourth-order valence-electron chi connectivity index (χ4n) is 5.45. The quantitative estimate of drug-likeness (QED) is 0.292. The molecule has 3 aromatic carbocycles. The van der Waals surface area contributed by atoms with Crippen LogP contribution in [0.25, 0.3) is 11.8 Å². The molecule has 1 aliphatic carbocycles. The molecular weight excluding hydrogens is 576 g/mol. The molecule has 0 saturated heterocycles. The second-order valence-corrected chi connectivity index (χ2v) is 11.2. The summed E-state index contributed by atoms with van der Waals surface area (Å²) in [4.78, 5) is 19.9. The van der Waals surface area contributed by atoms with Crippen LogP contribution in [0.4, 0.5) is 0 Å². The van der Waals surface area contributed by atoms with Gasteiger partial charge in [-0.05, 0) is 76.7 Å². The summed E-state index contributed by atoms with van der Waals surface area (Å²) in [6, 6.07) is 19.9. The number of allylic oxidation sites excluding steroid dienone is 1. The molecule has 1 aliphatic heterocycles. The number of benzene rings is 3. The molecule has 39 heavy (non-hydrogen) atoms. The Morgan fingerprint density at radius 3 is 2.62 bits per heavy atom. The molecule has 0 N–H and O–H groups in total. The summed E-state index contributed by atoms with van der Waals surface area (Å²) in [5.74, 6) is 2.00. The Morgan fingerprint density at radius 1 is 1.05 bits per heavy atom. The van der Waals surface area contributed by atoms with Gasteiger partial charge in [0, 0.05) is 11.1 Å². The number of para-hydroxylation sites is 1. The second-order valence-electron chi connectivity index (χ2n) is 9.32. The van der Waals surface area contributed by atoms with Gasteiger partial charge < -0.3 is 14.2 Å². The highest BCUT2D eigenvalue weighted by molar-refractivity contribution is 9.10. The van der Waals surface area contributed by atoms with Crippen molar-refractivity contribution in [2.75, 3.05) is 20.8 Å². The van der Waals surface area contributed by atoms with E-state index in [4.69, 9.17) is 19.2 Å². The third-order valence-electron chi connectivity index (χ3n) is 7.14. The van der Waals surface area contributed by atoms with Crippen molar-refractivity contribution in [3.8, 4) is 17.2 Å². The average Bonchev–Trinajstić information content (AvgIpc) is 3.27. The second kappa shape index (κ2) is 10.5. The van der Waals surface area contributed by atoms with Gasteiger partial charge in [0.1, 0.15) is 5.75 Å². The van der Waals surface area contributed by atoms with Gasteiger partial charge >= 0.3 is 0 Å². The van der Waals surface area contributed by atoms with Crippen LogP contribution < -0.4 is 29.1 Å². The lowest BCUT2D eigenvalue weighted by Crippen LogP contribution is -2.39. The first-order valence-corrected chi connectivity index (χ1v) is 14.4. The normalized spacial score (nSPS) is 16.2. The Bertz CT molecular complexity index is 1800. The SMILES string of the molecule is CCOc1c(Br)cc(/C=c2\sc3n(c2=O)[C@H](c2ccccc2OC)C2=C(N=3)c3ccccc3CC2)cc1OC. The predicted molar refractivity (Wildman–Crippen MR) is 158 cm³/mol. The summed E-state index contributed by atoms with van der Waals surface area (Å²) in [6.07, 6.45) is 3.62. The molecule has 0 bridgehead atoms. The zero-order valence-corrected chi connectivity index (χ0v) is 24.3. The highest BCUT2D eigenvalue weighted by Gasteiger charge is 2.34. The molecule has 0 amide bonds. The van der Waals surface area contributed by atoms with Gasteiger partial charge in [0.05, 0.1) is 41.6 Å². The van der Waals surface area contributed by atoms with Crippen molar-refractivity contribution in [3.63, 3.8) is 0 Å². The van der Waals surface area contributed by atoms with Gasteiger partial charge in [-0.2, -0.15) is 0 Å². The maximum absolute atomic E-state index is 14.1. The molecule has 4 aromatic rings. The van der Waals surface area contributed by atoms with Gasteiger partial charge in [0.2, 0.25) is 0 Å². The zero-order valence-electron chi connectivity index (χ0n) is 21.9. The Balaban J connectivity index is 1.59. The summed E-state index contributed by atoms with van der Waals surface area (Å²) in [7, 11) is 3.28. The Kier molecular flexibility index (Phi) is 6.91. The molecular formula is C31H27BrN2O4S. The van der Waals surface area contributed by atoms with Crippen molar-refractivity contribution in [3.05, 3.63) is 113 Å². The number of aromatic nitrogens is 1. The third-order valence-corrected chi connectivity index (χ3v) is 8.72. The van der Waals surface area contributed by atoms with Crippen molar-refractivity contribution in [1.82, 2.24) is 4.57 Å². The maximum Gasteiger partial charge on any atom is 0.271 e. The van der Waals surface area contributed by atoms with Gasteiger partial charge in [-0.15, -0.1) is 0 Å². The Labute approximate surface area is 238 Å². The van der Waals surface area contributed by atoms with Crippen LogP contribution in [0.3, 0.4) is 0 Å². The summed E-state index contributed by atoms with van der Waals surface area (Å²) >= 11 is 5.00. The van der Waals surface area contributed by atoms with Crippen molar-refractivity contribution in [2.45, 2.75) is 25.8 Å². The molecule has 198 valence electrons. The van der Waals surface area contributed by atoms with E-state index in [1.165, 1.54) is 16.9 Å². The van der Waals surface area contributed by atoms with Crippen LogP contribution in [-0.4, -0.2) is 25.4 Å². The van der Waals surface area contributed by atoms with Crippen molar-refractivity contribution < 1.29 is 14.2 Å². The number of hydrogen-bond acceptors (Lipinski definition) is 6. The molecule has 0 radical (unpaired) electrons. The minimum atomic E-state index is -0.301. The van der Waals surface area contributed by atoms with Gasteiger partial charge in [-0.3, -0.25) is 9.36 Å². The first kappa shape index (κ1) is 25.6. The van der Waals surface area contributed by atoms with E-state index in [0.717, 1.165) is 51.0 Å². The highest BCUT2D eigenvalue weighted by Crippen LogP contribution is 2.43. The number of halogens is 1. The van der Waals surface area contributed by atoms with Crippen LogP contribution in [0.1, 0.15) is 41.6 Å². The first-order chi connectivity index (χ1) is 19.0. The summed E-state index contributed by atoms with van der Waals surface area (Å²) in [6.45, 7) is 2.44. The smallest absolute Gasteiger partial charge is 0.271 e. The van der Waals surface area contributed by atoms with Gasteiger partial charge in [0.15, 0.2) is 16.3 Å². The topological polar surface area (TPSA) is 62.0 Å². The summed E-state index contributed by atoms with van der Waals surface area (Å²) < 4.78 is 20.3. The number of nitrogens with zero attached hydrogens (tertiary/aromatic N) is 2. The lowest BCUT2D eigenvalue weighted by molar-refractivity contribution is 0.309. The molecule has 0 unspecified atom stereocenters. The molecule has 0 spiro atoms. The van der Waals surface area contributed by atoms with E-state index >= 15 is 0 Å². The molecule has 2 aliphatic rings. The monoisotopic (exact) mass is 602 g/mol. The predicted octanol–water partition coefficient (Wildman–Crippen LogP) is 5.50. The Hall–Kier alpha value is -3.62. The fraction of sp³-hybridized carbons (Fsp3) is 0.226. The van der Waals surface area contributed by atoms with E-state index in [9.17, 15) is 4.79 Å². The number of fused-ring (bicyclic) bond motifs is 3. The number of rotatable bonds is 6. The standard InChI is InChI=1S/C31H27BrN2O4S/c1-4-38-29-23(32)15-18(16-25(29)37-3)17-26-30(35)34-28(21-11-7-8-12-24(21)36-2)22-14-13-19-9-5-6-10-20(19)27(22)33-31(34)39-26/h5-12,15-17,28H,4,13-14H2,1-3H3/b26-17-/t28-/m1/s1. The van der Waals surface area contributed by atoms with Crippen molar-refractivity contribution >= 4 is 39.0 Å². The van der Waals surface area contributed by atoms with E-state index in [1.54, 1.807) is 14.2 Å². The maximum atomic E-state index is 14.1. The van der Waals surface area contributed by atoms with Crippen LogP contribution in [0.5, 0.6) is 17.2 Å². The molecule has 1 atom stereocenters. The number of hydrogen-bond donors (Lipinski definition) is 0. The van der Waals surface area contributed by atoms with E-state index in [0.29, 0.717) is 27.4 Å².